The van der Waals surface area contributed by atoms with Gasteiger partial charge in [-0.15, -0.1) is 0 Å². The summed E-state index contributed by atoms with van der Waals surface area (Å²) in [4.78, 5) is 0. The van der Waals surface area contributed by atoms with Gasteiger partial charge in [-0.3, -0.25) is 0 Å². The zero-order chi connectivity index (χ0) is 20.5. The van der Waals surface area contributed by atoms with E-state index in [-0.39, 0.29) is 10.8 Å². The number of fused-ring (bicyclic) bond motifs is 1. The van der Waals surface area contributed by atoms with Gasteiger partial charge in [-0.25, -0.2) is 0 Å². The molecule has 0 saturated carbocycles. The van der Waals surface area contributed by atoms with Crippen LogP contribution in [0.2, 0.25) is 0 Å². The summed E-state index contributed by atoms with van der Waals surface area (Å²) in [6.45, 7) is 13.4. The monoisotopic (exact) mass is 438 g/mol. The number of hydrogen-bond acceptors (Lipinski definition) is 1. The SMILES string of the molecule is C=C(OC)c1ccc(/C=C/c2cc3c(cc2CBr)C(C)(C)CCC3(C)C)cc1. The Morgan fingerprint density at radius 1 is 1.00 bits per heavy atom. The van der Waals surface area contributed by atoms with Crippen molar-refractivity contribution in [3.8, 4) is 0 Å². The van der Waals surface area contributed by atoms with E-state index >= 15 is 0 Å². The van der Waals surface area contributed by atoms with Gasteiger partial charge < -0.3 is 4.74 Å². The highest BCUT2D eigenvalue weighted by Crippen LogP contribution is 2.46. The molecule has 3 rings (SSSR count). The fourth-order valence-corrected chi connectivity index (χ4v) is 4.52. The molecule has 0 bridgehead atoms. The predicted molar refractivity (Wildman–Crippen MR) is 126 cm³/mol. The number of methoxy groups -OCH3 is 1. The first-order valence-electron chi connectivity index (χ1n) is 9.93. The molecular weight excluding hydrogens is 408 g/mol. The standard InChI is InChI=1S/C26H31BrO/c1-18(28-6)20-10-7-19(8-11-20)9-12-21-15-23-24(16-22(21)17-27)26(4,5)14-13-25(23,2)3/h7-12,15-16H,1,13-14,17H2,2-6H3/b12-9+. The molecule has 0 spiro atoms. The number of halogens is 1. The third-order valence-electron chi connectivity index (χ3n) is 6.19. The first-order chi connectivity index (χ1) is 13.2. The van der Waals surface area contributed by atoms with Crippen molar-refractivity contribution in [1.29, 1.82) is 0 Å². The second-order valence-electron chi connectivity index (χ2n) is 9.08. The molecular formula is C26H31BrO. The van der Waals surface area contributed by atoms with Crippen molar-refractivity contribution in [2.75, 3.05) is 7.11 Å². The normalized spacial score (nSPS) is 17.4. The molecule has 0 saturated heterocycles. The lowest BCUT2D eigenvalue weighted by atomic mass is 9.62. The molecule has 0 aliphatic heterocycles. The van der Waals surface area contributed by atoms with Crippen molar-refractivity contribution >= 4 is 33.8 Å². The van der Waals surface area contributed by atoms with Gasteiger partial charge in [0.1, 0.15) is 5.76 Å². The van der Waals surface area contributed by atoms with Crippen LogP contribution in [0.4, 0.5) is 0 Å². The molecule has 0 unspecified atom stereocenters. The molecule has 2 heteroatoms. The maximum Gasteiger partial charge on any atom is 0.118 e. The molecule has 28 heavy (non-hydrogen) atoms. The molecule has 1 aliphatic carbocycles. The van der Waals surface area contributed by atoms with Gasteiger partial charge in [0.2, 0.25) is 0 Å². The van der Waals surface area contributed by atoms with E-state index in [4.69, 9.17) is 4.74 Å². The van der Waals surface area contributed by atoms with E-state index in [0.29, 0.717) is 5.76 Å². The summed E-state index contributed by atoms with van der Waals surface area (Å²) in [6.07, 6.45) is 6.90. The predicted octanol–water partition coefficient (Wildman–Crippen LogP) is 7.72. The highest BCUT2D eigenvalue weighted by atomic mass is 79.9. The first-order valence-corrected chi connectivity index (χ1v) is 11.1. The largest absolute Gasteiger partial charge is 0.497 e. The van der Waals surface area contributed by atoms with E-state index in [1.165, 1.54) is 40.7 Å². The minimum absolute atomic E-state index is 0.223. The van der Waals surface area contributed by atoms with Gasteiger partial charge in [0.05, 0.1) is 7.11 Å². The summed E-state index contributed by atoms with van der Waals surface area (Å²) in [5.41, 5.74) is 8.31. The lowest BCUT2D eigenvalue weighted by molar-refractivity contribution is 0.331. The second-order valence-corrected chi connectivity index (χ2v) is 9.64. The topological polar surface area (TPSA) is 9.23 Å². The van der Waals surface area contributed by atoms with E-state index in [0.717, 1.165) is 10.9 Å². The van der Waals surface area contributed by atoms with Crippen molar-refractivity contribution in [2.24, 2.45) is 0 Å². The Kier molecular flexibility index (Phi) is 5.91. The zero-order valence-corrected chi connectivity index (χ0v) is 19.3. The molecule has 1 aliphatic rings. The van der Waals surface area contributed by atoms with Crippen LogP contribution in [0.3, 0.4) is 0 Å². The minimum atomic E-state index is 0.223. The van der Waals surface area contributed by atoms with Crippen LogP contribution >= 0.6 is 15.9 Å². The maximum atomic E-state index is 5.21. The summed E-state index contributed by atoms with van der Waals surface area (Å²) in [5, 5.41) is 0.864. The first kappa shape index (κ1) is 20.9. The van der Waals surface area contributed by atoms with E-state index < -0.39 is 0 Å². The van der Waals surface area contributed by atoms with E-state index in [1.54, 1.807) is 7.11 Å². The van der Waals surface area contributed by atoms with Crippen molar-refractivity contribution in [3.63, 3.8) is 0 Å². The Balaban J connectivity index is 1.98. The van der Waals surface area contributed by atoms with Crippen LogP contribution in [-0.4, -0.2) is 7.11 Å². The van der Waals surface area contributed by atoms with Crippen molar-refractivity contribution in [2.45, 2.75) is 56.7 Å². The summed E-state index contributed by atoms with van der Waals surface area (Å²) in [6, 6.07) is 13.2. The fourth-order valence-electron chi connectivity index (χ4n) is 4.03. The summed E-state index contributed by atoms with van der Waals surface area (Å²) in [5.74, 6) is 0.691. The smallest absolute Gasteiger partial charge is 0.118 e. The van der Waals surface area contributed by atoms with Gasteiger partial charge in [0, 0.05) is 10.9 Å². The van der Waals surface area contributed by atoms with Gasteiger partial charge in [0.15, 0.2) is 0 Å². The third-order valence-corrected chi connectivity index (χ3v) is 6.80. The quantitative estimate of drug-likeness (QED) is 0.263. The minimum Gasteiger partial charge on any atom is -0.497 e. The lowest BCUT2D eigenvalue weighted by Crippen LogP contribution is -2.34. The van der Waals surface area contributed by atoms with E-state index in [1.807, 2.05) is 0 Å². The average Bonchev–Trinajstić information content (AvgIpc) is 2.69. The van der Waals surface area contributed by atoms with E-state index in [9.17, 15) is 0 Å². The molecule has 2 aromatic carbocycles. The highest BCUT2D eigenvalue weighted by Gasteiger charge is 2.37. The van der Waals surface area contributed by atoms with Crippen LogP contribution in [0.25, 0.3) is 17.9 Å². The van der Waals surface area contributed by atoms with Crippen LogP contribution in [0, 0.1) is 0 Å². The molecule has 0 amide bonds. The third kappa shape index (κ3) is 4.12. The Bertz CT molecular complexity index is 901. The lowest BCUT2D eigenvalue weighted by Gasteiger charge is -2.42. The number of ether oxygens (including phenoxy) is 1. The van der Waals surface area contributed by atoms with Crippen molar-refractivity contribution < 1.29 is 4.74 Å². The Hall–Kier alpha value is -1.80. The molecule has 0 radical (unpaired) electrons. The van der Waals surface area contributed by atoms with Crippen molar-refractivity contribution in [1.82, 2.24) is 0 Å². The average molecular weight is 439 g/mol. The molecule has 148 valence electrons. The van der Waals surface area contributed by atoms with Crippen LogP contribution < -0.4 is 0 Å². The number of hydrogen-bond donors (Lipinski definition) is 0. The number of alkyl halides is 1. The van der Waals surface area contributed by atoms with Gasteiger partial charge in [-0.05, 0) is 51.5 Å². The van der Waals surface area contributed by atoms with Gasteiger partial charge in [0.25, 0.3) is 0 Å². The van der Waals surface area contributed by atoms with Crippen LogP contribution in [0.5, 0.6) is 0 Å². The molecule has 0 fully saturated rings. The summed E-state index contributed by atoms with van der Waals surface area (Å²) < 4.78 is 5.21. The fraction of sp³-hybridized carbons (Fsp3) is 0.385. The molecule has 0 atom stereocenters. The van der Waals surface area contributed by atoms with E-state index in [2.05, 4.69) is 98.8 Å². The van der Waals surface area contributed by atoms with Crippen LogP contribution in [0.15, 0.2) is 43.0 Å². The molecule has 0 N–H and O–H groups in total. The van der Waals surface area contributed by atoms with Crippen molar-refractivity contribution in [3.05, 3.63) is 76.4 Å². The number of rotatable bonds is 5. The summed E-state index contributed by atoms with van der Waals surface area (Å²) >= 11 is 3.70. The summed E-state index contributed by atoms with van der Waals surface area (Å²) in [7, 11) is 1.65. The highest BCUT2D eigenvalue weighted by molar-refractivity contribution is 9.08. The Morgan fingerprint density at radius 3 is 2.11 bits per heavy atom. The van der Waals surface area contributed by atoms with Gasteiger partial charge >= 0.3 is 0 Å². The van der Waals surface area contributed by atoms with Crippen LogP contribution in [0.1, 0.15) is 73.9 Å². The molecule has 0 heterocycles. The van der Waals surface area contributed by atoms with Gasteiger partial charge in [-0.1, -0.05) is 98.8 Å². The number of benzene rings is 2. The zero-order valence-electron chi connectivity index (χ0n) is 17.7. The Morgan fingerprint density at radius 2 is 1.57 bits per heavy atom. The molecule has 1 nitrogen and oxygen atoms in total. The maximum absolute atomic E-state index is 5.21. The molecule has 2 aromatic rings. The molecule has 0 aromatic heterocycles. The van der Waals surface area contributed by atoms with Crippen LogP contribution in [-0.2, 0) is 20.9 Å². The van der Waals surface area contributed by atoms with Gasteiger partial charge in [-0.2, -0.15) is 0 Å². The second kappa shape index (κ2) is 7.91. The Labute approximate surface area is 178 Å².